The van der Waals surface area contributed by atoms with E-state index in [2.05, 4.69) is 0 Å². The monoisotopic (exact) mass is 168 g/mol. The highest BCUT2D eigenvalue weighted by Gasteiger charge is 1.93. The van der Waals surface area contributed by atoms with Gasteiger partial charge in [-0.05, 0) is 24.1 Å². The molecule has 66 valence electrons. The molecule has 0 amide bonds. The van der Waals surface area contributed by atoms with Crippen molar-refractivity contribution in [2.24, 2.45) is 0 Å². The summed E-state index contributed by atoms with van der Waals surface area (Å²) >= 11 is 0. The third-order valence-corrected chi connectivity index (χ3v) is 1.51. The molecular formula is C10H13FO. The maximum Gasteiger partial charge on any atom is 0.123 e. The molecule has 0 bridgehead atoms. The van der Waals surface area contributed by atoms with E-state index in [9.17, 15) is 4.39 Å². The number of hydrogen-bond acceptors (Lipinski definition) is 1. The third-order valence-electron chi connectivity index (χ3n) is 1.51. The number of hydrogen-bond donors (Lipinski definition) is 0. The van der Waals surface area contributed by atoms with E-state index in [0.717, 1.165) is 18.6 Å². The molecule has 0 atom stereocenters. The van der Waals surface area contributed by atoms with E-state index < -0.39 is 0 Å². The molecule has 0 aromatic heterocycles. The normalized spacial score (nSPS) is 10.2. The molecule has 1 rings (SSSR count). The van der Waals surface area contributed by atoms with Crippen molar-refractivity contribution in [2.45, 2.75) is 20.0 Å². The first-order chi connectivity index (χ1) is 5.83. The molecule has 0 aliphatic carbocycles. The minimum atomic E-state index is -0.201. The van der Waals surface area contributed by atoms with E-state index in [-0.39, 0.29) is 5.82 Å². The Balaban J connectivity index is 2.41. The summed E-state index contributed by atoms with van der Waals surface area (Å²) in [5.74, 6) is -0.201. The summed E-state index contributed by atoms with van der Waals surface area (Å²) < 4.78 is 17.9. The molecule has 0 saturated carbocycles. The number of halogens is 1. The second kappa shape index (κ2) is 4.88. The van der Waals surface area contributed by atoms with E-state index >= 15 is 0 Å². The van der Waals surface area contributed by atoms with Crippen LogP contribution >= 0.6 is 0 Å². The summed E-state index contributed by atoms with van der Waals surface area (Å²) in [4.78, 5) is 0. The molecule has 0 unspecified atom stereocenters. The summed E-state index contributed by atoms with van der Waals surface area (Å²) in [6, 6.07) is 6.48. The first-order valence-electron chi connectivity index (χ1n) is 4.15. The highest BCUT2D eigenvalue weighted by atomic mass is 19.1. The van der Waals surface area contributed by atoms with E-state index in [1.54, 1.807) is 6.07 Å². The lowest BCUT2D eigenvalue weighted by Gasteiger charge is -2.01. The minimum Gasteiger partial charge on any atom is -0.377 e. The second-order valence-electron chi connectivity index (χ2n) is 2.68. The van der Waals surface area contributed by atoms with Crippen LogP contribution in [0.5, 0.6) is 0 Å². The molecule has 12 heavy (non-hydrogen) atoms. The van der Waals surface area contributed by atoms with Crippen molar-refractivity contribution in [3.8, 4) is 0 Å². The van der Waals surface area contributed by atoms with Gasteiger partial charge in [0.1, 0.15) is 5.82 Å². The maximum atomic E-state index is 12.6. The van der Waals surface area contributed by atoms with Crippen LogP contribution in [-0.2, 0) is 11.3 Å². The van der Waals surface area contributed by atoms with Crippen molar-refractivity contribution in [2.75, 3.05) is 6.61 Å². The maximum absolute atomic E-state index is 12.6. The molecule has 1 aromatic carbocycles. The van der Waals surface area contributed by atoms with Crippen LogP contribution in [0.4, 0.5) is 4.39 Å². The third kappa shape index (κ3) is 3.01. The van der Waals surface area contributed by atoms with Crippen LogP contribution in [0.15, 0.2) is 24.3 Å². The van der Waals surface area contributed by atoms with Crippen LogP contribution in [0, 0.1) is 5.82 Å². The van der Waals surface area contributed by atoms with Crippen LogP contribution in [0.25, 0.3) is 0 Å². The quantitative estimate of drug-likeness (QED) is 0.628. The molecule has 0 aliphatic rings. The van der Waals surface area contributed by atoms with Crippen LogP contribution in [0.3, 0.4) is 0 Å². The number of ether oxygens (including phenoxy) is 1. The Morgan fingerprint density at radius 1 is 1.42 bits per heavy atom. The van der Waals surface area contributed by atoms with Crippen LogP contribution in [-0.4, -0.2) is 6.61 Å². The zero-order valence-corrected chi connectivity index (χ0v) is 7.22. The predicted molar refractivity (Wildman–Crippen MR) is 46.3 cm³/mol. The summed E-state index contributed by atoms with van der Waals surface area (Å²) in [7, 11) is 0. The zero-order valence-electron chi connectivity index (χ0n) is 7.22. The Labute approximate surface area is 72.2 Å². The molecule has 2 heteroatoms. The van der Waals surface area contributed by atoms with Crippen molar-refractivity contribution >= 4 is 0 Å². The summed E-state index contributed by atoms with van der Waals surface area (Å²) in [6.45, 7) is 3.29. The molecule has 1 nitrogen and oxygen atoms in total. The fourth-order valence-electron chi connectivity index (χ4n) is 0.961. The largest absolute Gasteiger partial charge is 0.377 e. The van der Waals surface area contributed by atoms with Crippen molar-refractivity contribution in [1.29, 1.82) is 0 Å². The average molecular weight is 168 g/mol. The number of benzene rings is 1. The summed E-state index contributed by atoms with van der Waals surface area (Å²) in [5, 5.41) is 0. The van der Waals surface area contributed by atoms with Crippen molar-refractivity contribution in [3.05, 3.63) is 35.6 Å². The Hall–Kier alpha value is -0.890. The van der Waals surface area contributed by atoms with Crippen LogP contribution in [0.1, 0.15) is 18.9 Å². The molecule has 0 heterocycles. The first-order valence-corrected chi connectivity index (χ1v) is 4.15. The predicted octanol–water partition coefficient (Wildman–Crippen LogP) is 2.75. The van der Waals surface area contributed by atoms with Gasteiger partial charge in [-0.3, -0.25) is 0 Å². The lowest BCUT2D eigenvalue weighted by molar-refractivity contribution is 0.121. The van der Waals surface area contributed by atoms with Crippen molar-refractivity contribution in [1.82, 2.24) is 0 Å². The van der Waals surface area contributed by atoms with Gasteiger partial charge in [0.05, 0.1) is 6.61 Å². The number of rotatable bonds is 4. The van der Waals surface area contributed by atoms with Gasteiger partial charge < -0.3 is 4.74 Å². The van der Waals surface area contributed by atoms with Gasteiger partial charge in [-0.2, -0.15) is 0 Å². The van der Waals surface area contributed by atoms with Gasteiger partial charge in [-0.1, -0.05) is 19.1 Å². The van der Waals surface area contributed by atoms with Gasteiger partial charge in [-0.15, -0.1) is 0 Å². The van der Waals surface area contributed by atoms with Crippen molar-refractivity contribution in [3.63, 3.8) is 0 Å². The highest BCUT2D eigenvalue weighted by Crippen LogP contribution is 2.04. The zero-order chi connectivity index (χ0) is 8.81. The van der Waals surface area contributed by atoms with E-state index in [1.807, 2.05) is 13.0 Å². The van der Waals surface area contributed by atoms with Gasteiger partial charge in [0.25, 0.3) is 0 Å². The minimum absolute atomic E-state index is 0.201. The Morgan fingerprint density at radius 3 is 2.92 bits per heavy atom. The molecule has 0 spiro atoms. The molecule has 0 radical (unpaired) electrons. The fourth-order valence-corrected chi connectivity index (χ4v) is 0.961. The van der Waals surface area contributed by atoms with Gasteiger partial charge >= 0.3 is 0 Å². The lowest BCUT2D eigenvalue weighted by atomic mass is 10.2. The molecule has 0 N–H and O–H groups in total. The van der Waals surface area contributed by atoms with Gasteiger partial charge in [0.2, 0.25) is 0 Å². The van der Waals surface area contributed by atoms with Gasteiger partial charge in [0.15, 0.2) is 0 Å². The highest BCUT2D eigenvalue weighted by molar-refractivity contribution is 5.15. The van der Waals surface area contributed by atoms with Gasteiger partial charge in [-0.25, -0.2) is 4.39 Å². The van der Waals surface area contributed by atoms with Crippen LogP contribution in [0.2, 0.25) is 0 Å². The van der Waals surface area contributed by atoms with E-state index in [1.165, 1.54) is 12.1 Å². The molecule has 0 saturated heterocycles. The smallest absolute Gasteiger partial charge is 0.123 e. The summed E-state index contributed by atoms with van der Waals surface area (Å²) in [6.07, 6.45) is 0.995. The Bertz CT molecular complexity index is 235. The Morgan fingerprint density at radius 2 is 2.25 bits per heavy atom. The SMILES string of the molecule is CCCOCc1cccc(F)c1. The van der Waals surface area contributed by atoms with Crippen LogP contribution < -0.4 is 0 Å². The first kappa shape index (κ1) is 9.20. The molecule has 1 aromatic rings. The summed E-state index contributed by atoms with van der Waals surface area (Å²) in [5.41, 5.74) is 0.892. The van der Waals surface area contributed by atoms with Gasteiger partial charge in [0, 0.05) is 6.61 Å². The topological polar surface area (TPSA) is 9.23 Å². The van der Waals surface area contributed by atoms with Crippen molar-refractivity contribution < 1.29 is 9.13 Å². The lowest BCUT2D eigenvalue weighted by Crippen LogP contribution is -1.94. The van der Waals surface area contributed by atoms with E-state index in [4.69, 9.17) is 4.74 Å². The Kier molecular flexibility index (Phi) is 3.74. The average Bonchev–Trinajstić information content (AvgIpc) is 2.05. The van der Waals surface area contributed by atoms with E-state index in [0.29, 0.717) is 6.61 Å². The molecule has 0 fully saturated rings. The molecule has 0 aliphatic heterocycles. The fraction of sp³-hybridized carbons (Fsp3) is 0.400. The molecular weight excluding hydrogens is 155 g/mol. The second-order valence-corrected chi connectivity index (χ2v) is 2.68. The standard InChI is InChI=1S/C10H13FO/c1-2-6-12-8-9-4-3-5-10(11)7-9/h3-5,7H,2,6,8H2,1H3.